The first-order valence-corrected chi connectivity index (χ1v) is 9.38. The van der Waals surface area contributed by atoms with E-state index >= 15 is 0 Å². The van der Waals surface area contributed by atoms with E-state index in [2.05, 4.69) is 20.0 Å². The monoisotopic (exact) mass is 386 g/mol. The first-order valence-electron chi connectivity index (χ1n) is 9.38. The molecular formula is C20H26N4O4. The molecule has 2 bridgehead atoms. The molecule has 0 saturated carbocycles. The predicted octanol–water partition coefficient (Wildman–Crippen LogP) is 3.16. The SMILES string of the molecule is COC(=O)Nc1ccc2c(c1)CC(C(=O)OC)CCCCC(N)c1ncc-2[nH]1. The van der Waals surface area contributed by atoms with Crippen LogP contribution in [-0.2, 0) is 20.7 Å². The van der Waals surface area contributed by atoms with Gasteiger partial charge >= 0.3 is 12.1 Å². The van der Waals surface area contributed by atoms with Crippen LogP contribution in [0.1, 0.15) is 43.1 Å². The number of carbonyl (C=O) groups is 2. The van der Waals surface area contributed by atoms with Gasteiger partial charge in [0.15, 0.2) is 0 Å². The van der Waals surface area contributed by atoms with E-state index in [4.69, 9.17) is 10.5 Å². The zero-order chi connectivity index (χ0) is 20.1. The molecule has 1 aliphatic rings. The Hall–Kier alpha value is -2.87. The molecule has 4 N–H and O–H groups in total. The maximum atomic E-state index is 12.3. The van der Waals surface area contributed by atoms with Crippen molar-refractivity contribution < 1.29 is 19.1 Å². The van der Waals surface area contributed by atoms with Crippen LogP contribution < -0.4 is 11.1 Å². The normalized spacial score (nSPS) is 19.5. The number of aromatic amines is 1. The molecule has 28 heavy (non-hydrogen) atoms. The van der Waals surface area contributed by atoms with E-state index in [-0.39, 0.29) is 17.9 Å². The van der Waals surface area contributed by atoms with E-state index in [0.29, 0.717) is 18.5 Å². The van der Waals surface area contributed by atoms with E-state index in [1.54, 1.807) is 12.3 Å². The van der Waals surface area contributed by atoms with Crippen molar-refractivity contribution in [3.8, 4) is 11.3 Å². The van der Waals surface area contributed by atoms with Gasteiger partial charge in [0, 0.05) is 11.3 Å². The maximum Gasteiger partial charge on any atom is 0.411 e. The summed E-state index contributed by atoms with van der Waals surface area (Å²) in [5, 5.41) is 2.67. The zero-order valence-electron chi connectivity index (χ0n) is 16.2. The summed E-state index contributed by atoms with van der Waals surface area (Å²) in [5.74, 6) is 0.252. The number of nitrogens with two attached hydrogens (primary N) is 1. The maximum absolute atomic E-state index is 12.3. The molecule has 3 rings (SSSR count). The molecule has 1 aromatic heterocycles. The van der Waals surface area contributed by atoms with Crippen molar-refractivity contribution in [1.29, 1.82) is 0 Å². The van der Waals surface area contributed by atoms with Gasteiger partial charge in [0.2, 0.25) is 0 Å². The van der Waals surface area contributed by atoms with Gasteiger partial charge in [-0.25, -0.2) is 9.78 Å². The van der Waals surface area contributed by atoms with Crippen LogP contribution in [0.25, 0.3) is 11.3 Å². The van der Waals surface area contributed by atoms with Crippen LogP contribution in [0, 0.1) is 5.92 Å². The summed E-state index contributed by atoms with van der Waals surface area (Å²) < 4.78 is 9.68. The lowest BCUT2D eigenvalue weighted by molar-refractivity contribution is -0.145. The molecular weight excluding hydrogens is 360 g/mol. The van der Waals surface area contributed by atoms with Crippen LogP contribution in [0.5, 0.6) is 0 Å². The van der Waals surface area contributed by atoms with Gasteiger partial charge in [-0.2, -0.15) is 0 Å². The second-order valence-electron chi connectivity index (χ2n) is 6.99. The van der Waals surface area contributed by atoms with Crippen LogP contribution in [0.15, 0.2) is 24.4 Å². The highest BCUT2D eigenvalue weighted by Crippen LogP contribution is 2.31. The summed E-state index contributed by atoms with van der Waals surface area (Å²) in [7, 11) is 2.72. The molecule has 0 radical (unpaired) electrons. The van der Waals surface area contributed by atoms with Crippen molar-refractivity contribution in [2.45, 2.75) is 38.1 Å². The highest BCUT2D eigenvalue weighted by atomic mass is 16.5. The molecule has 0 aliphatic carbocycles. The number of rotatable bonds is 2. The number of ether oxygens (including phenoxy) is 2. The Morgan fingerprint density at radius 2 is 2.00 bits per heavy atom. The summed E-state index contributed by atoms with van der Waals surface area (Å²) >= 11 is 0. The van der Waals surface area contributed by atoms with Gasteiger partial charge in [0.25, 0.3) is 0 Å². The number of amides is 1. The molecule has 0 fully saturated rings. The Balaban J connectivity index is 2.03. The second kappa shape index (κ2) is 8.88. The molecule has 8 nitrogen and oxygen atoms in total. The minimum absolute atomic E-state index is 0.173. The Labute approximate surface area is 163 Å². The van der Waals surface area contributed by atoms with Gasteiger partial charge in [-0.15, -0.1) is 0 Å². The molecule has 1 aliphatic heterocycles. The topological polar surface area (TPSA) is 119 Å². The first-order chi connectivity index (χ1) is 13.5. The number of esters is 1. The van der Waals surface area contributed by atoms with Crippen LogP contribution >= 0.6 is 0 Å². The second-order valence-corrected chi connectivity index (χ2v) is 6.99. The fraction of sp³-hybridized carbons (Fsp3) is 0.450. The fourth-order valence-electron chi connectivity index (χ4n) is 3.56. The third kappa shape index (κ3) is 4.51. The Morgan fingerprint density at radius 3 is 2.75 bits per heavy atom. The summed E-state index contributed by atoms with van der Waals surface area (Å²) in [6.07, 6.45) is 5.00. The van der Waals surface area contributed by atoms with Gasteiger partial charge < -0.3 is 20.2 Å². The minimum Gasteiger partial charge on any atom is -0.469 e. The van der Waals surface area contributed by atoms with E-state index in [0.717, 1.165) is 41.9 Å². The van der Waals surface area contributed by atoms with Crippen LogP contribution in [-0.4, -0.2) is 36.3 Å². The number of carbonyl (C=O) groups excluding carboxylic acids is 2. The molecule has 2 unspecified atom stereocenters. The molecule has 2 atom stereocenters. The fourth-order valence-corrected chi connectivity index (χ4v) is 3.56. The number of nitrogens with one attached hydrogen (secondary N) is 2. The van der Waals surface area contributed by atoms with Crippen LogP contribution in [0.2, 0.25) is 0 Å². The number of H-pyrrole nitrogens is 1. The van der Waals surface area contributed by atoms with Crippen molar-refractivity contribution in [1.82, 2.24) is 9.97 Å². The minimum atomic E-state index is -0.549. The molecule has 150 valence electrons. The number of aromatic nitrogens is 2. The highest BCUT2D eigenvalue weighted by molar-refractivity contribution is 5.85. The van der Waals surface area contributed by atoms with E-state index in [9.17, 15) is 9.59 Å². The number of benzene rings is 1. The smallest absolute Gasteiger partial charge is 0.411 e. The quantitative estimate of drug-likeness (QED) is 0.682. The Bertz CT molecular complexity index is 848. The van der Waals surface area contributed by atoms with Crippen molar-refractivity contribution >= 4 is 17.7 Å². The van der Waals surface area contributed by atoms with Gasteiger partial charge in [-0.1, -0.05) is 18.9 Å². The summed E-state index contributed by atoms with van der Waals surface area (Å²) in [5.41, 5.74) is 9.50. The first kappa shape index (κ1) is 19.9. The number of hydrogen-bond acceptors (Lipinski definition) is 6. The number of anilines is 1. The molecule has 8 heteroatoms. The average molecular weight is 386 g/mol. The molecule has 2 aromatic rings. The molecule has 1 amide bonds. The Kier molecular flexibility index (Phi) is 6.30. The third-order valence-electron chi connectivity index (χ3n) is 5.09. The Morgan fingerprint density at radius 1 is 1.21 bits per heavy atom. The lowest BCUT2D eigenvalue weighted by Crippen LogP contribution is -2.20. The number of fused-ring (bicyclic) bond motifs is 4. The summed E-state index contributed by atoms with van der Waals surface area (Å²) in [6, 6.07) is 5.36. The van der Waals surface area contributed by atoms with E-state index in [1.807, 2.05) is 12.1 Å². The number of nitrogens with zero attached hydrogens (tertiary/aromatic N) is 1. The third-order valence-corrected chi connectivity index (χ3v) is 5.09. The molecule has 0 spiro atoms. The standard InChI is InChI=1S/C20H26N4O4/c1-27-19(25)12-5-3-4-6-16(21)18-22-11-17(24-18)15-8-7-14(10-13(15)9-12)23-20(26)28-2/h7-8,10-12,16H,3-6,9,21H2,1-2H3,(H,22,24)(H,23,26). The van der Waals surface area contributed by atoms with Crippen LogP contribution in [0.3, 0.4) is 0 Å². The largest absolute Gasteiger partial charge is 0.469 e. The van der Waals surface area contributed by atoms with E-state index in [1.165, 1.54) is 14.2 Å². The zero-order valence-corrected chi connectivity index (χ0v) is 16.2. The van der Waals surface area contributed by atoms with Gasteiger partial charge in [-0.3, -0.25) is 10.1 Å². The van der Waals surface area contributed by atoms with Crippen molar-refractivity contribution in [2.75, 3.05) is 19.5 Å². The average Bonchev–Trinajstić information content (AvgIpc) is 3.19. The number of hydrogen-bond donors (Lipinski definition) is 3. The van der Waals surface area contributed by atoms with Crippen molar-refractivity contribution in [3.63, 3.8) is 0 Å². The lowest BCUT2D eigenvalue weighted by Gasteiger charge is -2.19. The molecule has 1 aromatic carbocycles. The lowest BCUT2D eigenvalue weighted by atomic mass is 9.90. The molecule has 0 saturated heterocycles. The highest BCUT2D eigenvalue weighted by Gasteiger charge is 2.23. The molecule has 2 heterocycles. The summed E-state index contributed by atoms with van der Waals surface area (Å²) in [4.78, 5) is 31.6. The number of methoxy groups -OCH3 is 2. The van der Waals surface area contributed by atoms with Crippen molar-refractivity contribution in [2.24, 2.45) is 11.7 Å². The van der Waals surface area contributed by atoms with Gasteiger partial charge in [0.1, 0.15) is 5.82 Å². The van der Waals surface area contributed by atoms with Gasteiger partial charge in [-0.05, 0) is 37.0 Å². The number of imidazole rings is 1. The van der Waals surface area contributed by atoms with E-state index < -0.39 is 6.09 Å². The van der Waals surface area contributed by atoms with Gasteiger partial charge in [0.05, 0.1) is 38.1 Å². The van der Waals surface area contributed by atoms with Crippen LogP contribution in [0.4, 0.5) is 10.5 Å². The summed E-state index contributed by atoms with van der Waals surface area (Å²) in [6.45, 7) is 0. The predicted molar refractivity (Wildman–Crippen MR) is 105 cm³/mol. The van der Waals surface area contributed by atoms with Crippen molar-refractivity contribution in [3.05, 3.63) is 35.8 Å².